The predicted molar refractivity (Wildman–Crippen MR) is 99.8 cm³/mol. The molecule has 2 aromatic heterocycles. The molecule has 2 heterocycles. The molecule has 0 fully saturated rings. The van der Waals surface area contributed by atoms with E-state index in [2.05, 4.69) is 9.97 Å². The molecule has 0 spiro atoms. The van der Waals surface area contributed by atoms with Gasteiger partial charge in [0.05, 0.1) is 37.1 Å². The summed E-state index contributed by atoms with van der Waals surface area (Å²) in [5.41, 5.74) is 5.67. The second kappa shape index (κ2) is 8.31. The number of primary amides is 1. The Labute approximate surface area is 155 Å². The summed E-state index contributed by atoms with van der Waals surface area (Å²) in [7, 11) is 1.59. The lowest BCUT2D eigenvalue weighted by molar-refractivity contribution is -0.121. The van der Waals surface area contributed by atoms with Crippen molar-refractivity contribution in [3.05, 3.63) is 59.4 Å². The maximum absolute atomic E-state index is 12.6. The average molecular weight is 368 g/mol. The van der Waals surface area contributed by atoms with E-state index in [0.717, 1.165) is 0 Å². The molecule has 0 saturated heterocycles. The van der Waals surface area contributed by atoms with Crippen LogP contribution in [0, 0.1) is 0 Å². The van der Waals surface area contributed by atoms with Gasteiger partial charge in [0.15, 0.2) is 0 Å². The first kappa shape index (κ1) is 18.4. The van der Waals surface area contributed by atoms with Crippen LogP contribution in [0.15, 0.2) is 53.8 Å². The van der Waals surface area contributed by atoms with Crippen LogP contribution >= 0.6 is 0 Å². The van der Waals surface area contributed by atoms with E-state index in [4.69, 9.17) is 15.2 Å². The minimum Gasteiger partial charge on any atom is -0.497 e. The first-order chi connectivity index (χ1) is 13.1. The number of rotatable bonds is 8. The molecule has 27 heavy (non-hydrogen) atoms. The van der Waals surface area contributed by atoms with E-state index in [1.165, 1.54) is 23.3 Å². The molecule has 1 unspecified atom stereocenters. The van der Waals surface area contributed by atoms with Crippen molar-refractivity contribution in [3.63, 3.8) is 0 Å². The molecular formula is C19H20N4O4. The summed E-state index contributed by atoms with van der Waals surface area (Å²) < 4.78 is 12.1. The van der Waals surface area contributed by atoms with Gasteiger partial charge in [0.2, 0.25) is 5.91 Å². The summed E-state index contributed by atoms with van der Waals surface area (Å²) in [5.74, 6) is 0.779. The highest BCUT2D eigenvalue weighted by Gasteiger charge is 2.20. The molecule has 2 N–H and O–H groups in total. The number of amides is 1. The van der Waals surface area contributed by atoms with Gasteiger partial charge in [0, 0.05) is 12.3 Å². The third-order valence-electron chi connectivity index (χ3n) is 4.18. The van der Waals surface area contributed by atoms with Gasteiger partial charge in [-0.2, -0.15) is 0 Å². The molecule has 0 radical (unpaired) electrons. The van der Waals surface area contributed by atoms with E-state index < -0.39 is 11.9 Å². The van der Waals surface area contributed by atoms with Crippen molar-refractivity contribution in [3.8, 4) is 11.5 Å². The van der Waals surface area contributed by atoms with Crippen LogP contribution < -0.4 is 20.8 Å². The molecule has 140 valence electrons. The highest BCUT2D eigenvalue weighted by atomic mass is 16.5. The number of nitrogens with two attached hydrogens (primary N) is 1. The number of fused-ring (bicyclic) bond motifs is 1. The summed E-state index contributed by atoms with van der Waals surface area (Å²) in [6.07, 6.45) is 5.24. The fraction of sp³-hybridized carbons (Fsp3) is 0.263. The summed E-state index contributed by atoms with van der Waals surface area (Å²) in [6.45, 7) is 0.372. The van der Waals surface area contributed by atoms with E-state index >= 15 is 0 Å². The summed E-state index contributed by atoms with van der Waals surface area (Å²) in [5, 5.41) is 0.395. The standard InChI is InChI=1S/C19H20N4O4/c1-26-13-4-2-5-14(10-13)27-9-3-6-17(18(20)24)23-12-22-16-11-21-8-7-15(16)19(23)25/h2,4-5,7-8,10-12,17H,3,6,9H2,1H3,(H2,20,24). The molecule has 1 aromatic carbocycles. The Kier molecular flexibility index (Phi) is 5.65. The summed E-state index contributed by atoms with van der Waals surface area (Å²) in [4.78, 5) is 32.7. The molecule has 3 aromatic rings. The van der Waals surface area contributed by atoms with Crippen LogP contribution in [0.4, 0.5) is 0 Å². The Bertz CT molecular complexity index is 1000. The SMILES string of the molecule is COc1cccc(OCCCC(C(N)=O)n2cnc3cnccc3c2=O)c1. The number of benzene rings is 1. The van der Waals surface area contributed by atoms with Gasteiger partial charge in [-0.25, -0.2) is 4.98 Å². The summed E-state index contributed by atoms with van der Waals surface area (Å²) >= 11 is 0. The number of aromatic nitrogens is 3. The van der Waals surface area contributed by atoms with E-state index in [1.54, 1.807) is 19.2 Å². The second-order valence-corrected chi connectivity index (χ2v) is 5.94. The lowest BCUT2D eigenvalue weighted by Gasteiger charge is -2.17. The molecule has 1 amide bonds. The van der Waals surface area contributed by atoms with Gasteiger partial charge in [-0.1, -0.05) is 6.07 Å². The molecular weight excluding hydrogens is 348 g/mol. The normalized spacial score (nSPS) is 11.9. The lowest BCUT2D eigenvalue weighted by Crippen LogP contribution is -2.34. The van der Waals surface area contributed by atoms with Crippen LogP contribution in [0.2, 0.25) is 0 Å². The van der Waals surface area contributed by atoms with Gasteiger partial charge in [-0.15, -0.1) is 0 Å². The number of nitrogens with zero attached hydrogens (tertiary/aromatic N) is 3. The predicted octanol–water partition coefficient (Wildman–Crippen LogP) is 1.69. The van der Waals surface area contributed by atoms with Crippen LogP contribution in [0.3, 0.4) is 0 Å². The van der Waals surface area contributed by atoms with Crippen molar-refractivity contribution in [2.45, 2.75) is 18.9 Å². The minimum atomic E-state index is -0.795. The maximum atomic E-state index is 12.6. The topological polar surface area (TPSA) is 109 Å². The Morgan fingerprint density at radius 3 is 2.89 bits per heavy atom. The van der Waals surface area contributed by atoms with Crippen molar-refractivity contribution in [1.29, 1.82) is 0 Å². The third kappa shape index (κ3) is 4.22. The van der Waals surface area contributed by atoms with Crippen LogP contribution in [0.5, 0.6) is 11.5 Å². The molecule has 3 rings (SSSR count). The average Bonchev–Trinajstić information content (AvgIpc) is 2.69. The van der Waals surface area contributed by atoms with Crippen molar-refractivity contribution in [2.75, 3.05) is 13.7 Å². The first-order valence-corrected chi connectivity index (χ1v) is 8.47. The molecule has 0 aliphatic heterocycles. The van der Waals surface area contributed by atoms with Crippen LogP contribution in [0.25, 0.3) is 10.9 Å². The molecule has 8 heteroatoms. The highest BCUT2D eigenvalue weighted by molar-refractivity contribution is 5.80. The van der Waals surface area contributed by atoms with E-state index in [0.29, 0.717) is 41.9 Å². The molecule has 8 nitrogen and oxygen atoms in total. The van der Waals surface area contributed by atoms with Gasteiger partial charge < -0.3 is 15.2 Å². The van der Waals surface area contributed by atoms with Crippen molar-refractivity contribution >= 4 is 16.8 Å². The van der Waals surface area contributed by atoms with Crippen LogP contribution in [-0.4, -0.2) is 34.2 Å². The van der Waals surface area contributed by atoms with Gasteiger partial charge in [-0.3, -0.25) is 19.1 Å². The van der Waals surface area contributed by atoms with E-state index in [1.807, 2.05) is 18.2 Å². The maximum Gasteiger partial charge on any atom is 0.262 e. The number of pyridine rings is 1. The van der Waals surface area contributed by atoms with Crippen LogP contribution in [-0.2, 0) is 4.79 Å². The Hall–Kier alpha value is -3.42. The van der Waals surface area contributed by atoms with Gasteiger partial charge in [0.1, 0.15) is 17.5 Å². The summed E-state index contributed by atoms with van der Waals surface area (Å²) in [6, 6.07) is 8.03. The second-order valence-electron chi connectivity index (χ2n) is 5.94. The Balaban J connectivity index is 1.69. The highest BCUT2D eigenvalue weighted by Crippen LogP contribution is 2.20. The smallest absolute Gasteiger partial charge is 0.262 e. The number of carbonyl (C=O) groups is 1. The number of hydrogen-bond donors (Lipinski definition) is 1. The zero-order valence-corrected chi connectivity index (χ0v) is 14.9. The minimum absolute atomic E-state index is 0.320. The fourth-order valence-electron chi connectivity index (χ4n) is 2.78. The van der Waals surface area contributed by atoms with Crippen molar-refractivity contribution in [2.24, 2.45) is 5.73 Å². The van der Waals surface area contributed by atoms with E-state index in [9.17, 15) is 9.59 Å². The molecule has 0 bridgehead atoms. The van der Waals surface area contributed by atoms with Gasteiger partial charge in [0.25, 0.3) is 5.56 Å². The van der Waals surface area contributed by atoms with Crippen LogP contribution in [0.1, 0.15) is 18.9 Å². The zero-order chi connectivity index (χ0) is 19.2. The monoisotopic (exact) mass is 368 g/mol. The zero-order valence-electron chi connectivity index (χ0n) is 14.9. The van der Waals surface area contributed by atoms with Gasteiger partial charge in [-0.05, 0) is 31.0 Å². The quantitative estimate of drug-likeness (QED) is 0.606. The largest absolute Gasteiger partial charge is 0.497 e. The molecule has 0 aliphatic rings. The number of carbonyl (C=O) groups excluding carboxylic acids is 1. The Morgan fingerprint density at radius 1 is 1.30 bits per heavy atom. The molecule has 1 atom stereocenters. The molecule has 0 saturated carbocycles. The lowest BCUT2D eigenvalue weighted by atomic mass is 10.1. The van der Waals surface area contributed by atoms with E-state index in [-0.39, 0.29) is 5.56 Å². The van der Waals surface area contributed by atoms with Crippen molar-refractivity contribution < 1.29 is 14.3 Å². The first-order valence-electron chi connectivity index (χ1n) is 8.47. The van der Waals surface area contributed by atoms with Crippen molar-refractivity contribution in [1.82, 2.24) is 14.5 Å². The Morgan fingerprint density at radius 2 is 2.11 bits per heavy atom. The number of hydrogen-bond acceptors (Lipinski definition) is 6. The van der Waals surface area contributed by atoms with Gasteiger partial charge >= 0.3 is 0 Å². The number of methoxy groups -OCH3 is 1. The third-order valence-corrected chi connectivity index (χ3v) is 4.18. The fourth-order valence-corrected chi connectivity index (χ4v) is 2.78. The number of ether oxygens (including phenoxy) is 2. The molecule has 0 aliphatic carbocycles.